The number of amides is 3. The topological polar surface area (TPSA) is 87.7 Å². The molecule has 1 aliphatic rings. The van der Waals surface area contributed by atoms with Gasteiger partial charge in [-0.2, -0.15) is 0 Å². The minimum Gasteiger partial charge on any atom is -0.484 e. The van der Waals surface area contributed by atoms with Crippen molar-refractivity contribution in [2.24, 2.45) is 5.92 Å². The molecular formula is C31H35N3O4. The number of anilines is 2. The van der Waals surface area contributed by atoms with Crippen molar-refractivity contribution < 1.29 is 19.1 Å². The number of nitrogens with one attached hydrogen (secondary N) is 2. The summed E-state index contributed by atoms with van der Waals surface area (Å²) in [5.74, 6) is 0.121. The third-order valence-electron chi connectivity index (χ3n) is 6.78. The van der Waals surface area contributed by atoms with E-state index in [1.54, 1.807) is 29.2 Å². The molecule has 1 saturated heterocycles. The zero-order valence-corrected chi connectivity index (χ0v) is 22.4. The normalized spacial score (nSPS) is 15.0. The number of hydrogen-bond donors (Lipinski definition) is 2. The van der Waals surface area contributed by atoms with Gasteiger partial charge in [-0.05, 0) is 66.8 Å². The Morgan fingerprint density at radius 2 is 1.71 bits per heavy atom. The Morgan fingerprint density at radius 1 is 1.00 bits per heavy atom. The second kappa shape index (κ2) is 11.9. The molecule has 3 aromatic rings. The Hall–Kier alpha value is -4.13. The van der Waals surface area contributed by atoms with Crippen LogP contribution in [-0.4, -0.2) is 30.9 Å². The van der Waals surface area contributed by atoms with Crippen molar-refractivity contribution in [3.63, 3.8) is 0 Å². The summed E-state index contributed by atoms with van der Waals surface area (Å²) in [5.41, 5.74) is 5.87. The maximum absolute atomic E-state index is 12.7. The van der Waals surface area contributed by atoms with Gasteiger partial charge in [-0.1, -0.05) is 55.8 Å². The SMILES string of the molecule is Cc1ccc(NC(=O)COc2ccc(N3C[C@@H](C(=O)NCc4ccc(C(C)C)cc4)CC3=O)cc2)c(C)c1. The van der Waals surface area contributed by atoms with E-state index in [4.69, 9.17) is 4.74 Å². The first-order valence-electron chi connectivity index (χ1n) is 13.0. The van der Waals surface area contributed by atoms with Crippen molar-refractivity contribution in [2.45, 2.75) is 46.6 Å². The van der Waals surface area contributed by atoms with E-state index in [0.29, 0.717) is 30.4 Å². The van der Waals surface area contributed by atoms with Crippen LogP contribution in [0.15, 0.2) is 66.7 Å². The molecule has 1 heterocycles. The van der Waals surface area contributed by atoms with E-state index in [1.165, 1.54) is 5.56 Å². The molecule has 0 radical (unpaired) electrons. The molecule has 7 heteroatoms. The van der Waals surface area contributed by atoms with Crippen LogP contribution < -0.4 is 20.3 Å². The quantitative estimate of drug-likeness (QED) is 0.416. The Kier molecular flexibility index (Phi) is 8.46. The molecule has 7 nitrogen and oxygen atoms in total. The van der Waals surface area contributed by atoms with Gasteiger partial charge in [0.15, 0.2) is 6.61 Å². The molecule has 3 amide bonds. The number of nitrogens with zero attached hydrogens (tertiary/aromatic N) is 1. The van der Waals surface area contributed by atoms with Gasteiger partial charge < -0.3 is 20.3 Å². The molecule has 0 aromatic heterocycles. The van der Waals surface area contributed by atoms with E-state index >= 15 is 0 Å². The van der Waals surface area contributed by atoms with Gasteiger partial charge >= 0.3 is 0 Å². The summed E-state index contributed by atoms with van der Waals surface area (Å²) >= 11 is 0. The highest BCUT2D eigenvalue weighted by Gasteiger charge is 2.35. The highest BCUT2D eigenvalue weighted by Crippen LogP contribution is 2.27. The maximum Gasteiger partial charge on any atom is 0.262 e. The van der Waals surface area contributed by atoms with Gasteiger partial charge in [-0.25, -0.2) is 0 Å². The summed E-state index contributed by atoms with van der Waals surface area (Å²) < 4.78 is 5.62. The van der Waals surface area contributed by atoms with Crippen molar-refractivity contribution in [3.05, 3.63) is 89.0 Å². The number of carbonyl (C=O) groups excluding carboxylic acids is 3. The highest BCUT2D eigenvalue weighted by atomic mass is 16.5. The van der Waals surface area contributed by atoms with Crippen LogP contribution in [0, 0.1) is 19.8 Å². The average Bonchev–Trinajstić information content (AvgIpc) is 3.30. The number of hydrogen-bond acceptors (Lipinski definition) is 4. The lowest BCUT2D eigenvalue weighted by Crippen LogP contribution is -2.32. The first-order valence-corrected chi connectivity index (χ1v) is 13.0. The van der Waals surface area contributed by atoms with Crippen molar-refractivity contribution >= 4 is 29.1 Å². The molecule has 198 valence electrons. The Bertz CT molecular complexity index is 1300. The number of carbonyl (C=O) groups is 3. The number of rotatable bonds is 9. The van der Waals surface area contributed by atoms with Crippen molar-refractivity contribution in [3.8, 4) is 5.75 Å². The Balaban J connectivity index is 1.26. The number of ether oxygens (including phenoxy) is 1. The van der Waals surface area contributed by atoms with Crippen LogP contribution in [0.5, 0.6) is 5.75 Å². The smallest absolute Gasteiger partial charge is 0.262 e. The lowest BCUT2D eigenvalue weighted by Gasteiger charge is -2.17. The van der Waals surface area contributed by atoms with Crippen LogP contribution in [0.1, 0.15) is 48.4 Å². The molecule has 4 rings (SSSR count). The Morgan fingerprint density at radius 3 is 2.37 bits per heavy atom. The van der Waals surface area contributed by atoms with Crippen molar-refractivity contribution in [1.82, 2.24) is 5.32 Å². The summed E-state index contributed by atoms with van der Waals surface area (Å²) in [5, 5.41) is 5.82. The maximum atomic E-state index is 12.7. The zero-order chi connectivity index (χ0) is 27.2. The lowest BCUT2D eigenvalue weighted by molar-refractivity contribution is -0.126. The van der Waals surface area contributed by atoms with Crippen molar-refractivity contribution in [2.75, 3.05) is 23.4 Å². The first kappa shape index (κ1) is 26.9. The summed E-state index contributed by atoms with van der Waals surface area (Å²) in [7, 11) is 0. The van der Waals surface area contributed by atoms with E-state index in [1.807, 2.05) is 44.2 Å². The fourth-order valence-electron chi connectivity index (χ4n) is 4.50. The van der Waals surface area contributed by atoms with Gasteiger partial charge in [0.2, 0.25) is 11.8 Å². The molecular weight excluding hydrogens is 478 g/mol. The van der Waals surface area contributed by atoms with E-state index in [0.717, 1.165) is 22.4 Å². The molecule has 2 N–H and O–H groups in total. The molecule has 3 aromatic carbocycles. The van der Waals surface area contributed by atoms with E-state index in [-0.39, 0.29) is 30.7 Å². The minimum atomic E-state index is -0.401. The zero-order valence-electron chi connectivity index (χ0n) is 22.4. The van der Waals surface area contributed by atoms with Gasteiger partial charge in [-0.3, -0.25) is 14.4 Å². The van der Waals surface area contributed by atoms with Gasteiger partial charge in [0.05, 0.1) is 5.92 Å². The third-order valence-corrected chi connectivity index (χ3v) is 6.78. The molecule has 0 aliphatic carbocycles. The van der Waals surface area contributed by atoms with Crippen molar-refractivity contribution in [1.29, 1.82) is 0 Å². The van der Waals surface area contributed by atoms with Gasteiger partial charge in [-0.15, -0.1) is 0 Å². The largest absolute Gasteiger partial charge is 0.484 e. The van der Waals surface area contributed by atoms with Gasteiger partial charge in [0.1, 0.15) is 5.75 Å². The molecule has 1 aliphatic heterocycles. The van der Waals surface area contributed by atoms with Crippen LogP contribution in [0.2, 0.25) is 0 Å². The van der Waals surface area contributed by atoms with Crippen LogP contribution in [0.4, 0.5) is 11.4 Å². The van der Waals surface area contributed by atoms with Gasteiger partial charge in [0.25, 0.3) is 5.91 Å². The second-order valence-corrected chi connectivity index (χ2v) is 10.2. The summed E-state index contributed by atoms with van der Waals surface area (Å²) in [6.07, 6.45) is 0.176. The monoisotopic (exact) mass is 513 g/mol. The second-order valence-electron chi connectivity index (χ2n) is 10.2. The predicted octanol–water partition coefficient (Wildman–Crippen LogP) is 5.11. The third kappa shape index (κ3) is 6.79. The minimum absolute atomic E-state index is 0.0899. The molecule has 0 saturated carbocycles. The van der Waals surface area contributed by atoms with E-state index < -0.39 is 5.92 Å². The fraction of sp³-hybridized carbons (Fsp3) is 0.323. The molecule has 0 bridgehead atoms. The summed E-state index contributed by atoms with van der Waals surface area (Å²) in [4.78, 5) is 39.3. The molecule has 0 spiro atoms. The number of aryl methyl sites for hydroxylation is 2. The molecule has 0 unspecified atom stereocenters. The first-order chi connectivity index (χ1) is 18.2. The number of benzene rings is 3. The molecule has 38 heavy (non-hydrogen) atoms. The predicted molar refractivity (Wildman–Crippen MR) is 149 cm³/mol. The van der Waals surface area contributed by atoms with Crippen LogP contribution in [-0.2, 0) is 20.9 Å². The standard InChI is InChI=1S/C31H35N3O4/c1-20(2)24-8-6-23(7-9-24)17-32-31(37)25-16-30(36)34(18-25)26-10-12-27(13-11-26)38-19-29(35)33-28-14-5-21(3)15-22(28)4/h5-15,20,25H,16-19H2,1-4H3,(H,32,37)(H,33,35)/t25-/m0/s1. The van der Waals surface area contributed by atoms with E-state index in [2.05, 4.69) is 36.6 Å². The van der Waals surface area contributed by atoms with E-state index in [9.17, 15) is 14.4 Å². The van der Waals surface area contributed by atoms with Crippen LogP contribution in [0.25, 0.3) is 0 Å². The molecule has 1 fully saturated rings. The average molecular weight is 514 g/mol. The van der Waals surface area contributed by atoms with Crippen LogP contribution >= 0.6 is 0 Å². The summed E-state index contributed by atoms with van der Waals surface area (Å²) in [6.45, 7) is 8.88. The van der Waals surface area contributed by atoms with Gasteiger partial charge in [0, 0.05) is 30.9 Å². The molecule has 1 atom stereocenters. The highest BCUT2D eigenvalue weighted by molar-refractivity contribution is 6.00. The lowest BCUT2D eigenvalue weighted by atomic mass is 10.0. The summed E-state index contributed by atoms with van der Waals surface area (Å²) in [6, 6.07) is 21.0. The Labute approximate surface area is 224 Å². The van der Waals surface area contributed by atoms with Crippen LogP contribution in [0.3, 0.4) is 0 Å². The fourth-order valence-corrected chi connectivity index (χ4v) is 4.50.